The van der Waals surface area contributed by atoms with Crippen LogP contribution in [0.1, 0.15) is 53.9 Å². The Bertz CT molecular complexity index is 222. The topological polar surface area (TPSA) is 63.7 Å². The van der Waals surface area contributed by atoms with Crippen LogP contribution in [-0.2, 0) is 19.2 Å². The second kappa shape index (κ2) is 10.1. The minimum Gasteiger partial charge on any atom is -0.330 e. The van der Waals surface area contributed by atoms with Crippen molar-refractivity contribution in [3.05, 3.63) is 0 Å². The normalized spacial score (nSPS) is 13.4. The van der Waals surface area contributed by atoms with E-state index in [0.717, 1.165) is 0 Å². The van der Waals surface area contributed by atoms with E-state index in [1.54, 1.807) is 6.92 Å². The lowest BCUT2D eigenvalue weighted by atomic mass is 10.4. The average molecular weight is 231 g/mol. The molecule has 1 fully saturated rings. The van der Waals surface area contributed by atoms with Crippen molar-refractivity contribution in [3.63, 3.8) is 0 Å². The van der Waals surface area contributed by atoms with Gasteiger partial charge in [0.2, 0.25) is 0 Å². The molecule has 0 N–H and O–H groups in total. The number of carbonyl (C=O) groups excluding carboxylic acids is 3. The number of amides is 2. The SMILES string of the molecule is CC.CC.CCC(=O)ON1C(=O)CCC1=O. The molecule has 0 unspecified atom stereocenters. The molecule has 5 nitrogen and oxygen atoms in total. The number of imide groups is 1. The maximum absolute atomic E-state index is 10.9. The standard InChI is InChI=1S/C7H9NO4.2C2H6/c1-2-7(11)12-8-5(9)3-4-6(8)10;2*1-2/h2-4H2,1H3;2*1-2H3. The third-order valence-electron chi connectivity index (χ3n) is 1.49. The quantitative estimate of drug-likeness (QED) is 0.682. The molecule has 2 amide bonds. The van der Waals surface area contributed by atoms with Crippen LogP contribution in [0.3, 0.4) is 0 Å². The molecular weight excluding hydrogens is 210 g/mol. The molecule has 0 atom stereocenters. The smallest absolute Gasteiger partial charge is 0.330 e. The van der Waals surface area contributed by atoms with Gasteiger partial charge in [-0.15, -0.1) is 5.06 Å². The van der Waals surface area contributed by atoms with Crippen LogP contribution in [0.4, 0.5) is 0 Å². The van der Waals surface area contributed by atoms with Gasteiger partial charge in [0.1, 0.15) is 0 Å². The maximum Gasteiger partial charge on any atom is 0.332 e. The molecule has 94 valence electrons. The highest BCUT2D eigenvalue weighted by Gasteiger charge is 2.32. The molecule has 0 spiro atoms. The monoisotopic (exact) mass is 231 g/mol. The number of carbonyl (C=O) groups is 3. The highest BCUT2D eigenvalue weighted by molar-refractivity contribution is 6.01. The first-order chi connectivity index (χ1) is 7.65. The molecule has 0 bridgehead atoms. The fourth-order valence-electron chi connectivity index (χ4n) is 0.824. The van der Waals surface area contributed by atoms with E-state index in [0.29, 0.717) is 5.06 Å². The van der Waals surface area contributed by atoms with E-state index in [9.17, 15) is 14.4 Å². The molecule has 0 aliphatic carbocycles. The van der Waals surface area contributed by atoms with Gasteiger partial charge in [0.15, 0.2) is 0 Å². The molecule has 0 aromatic carbocycles. The fourth-order valence-corrected chi connectivity index (χ4v) is 0.824. The summed E-state index contributed by atoms with van der Waals surface area (Å²) in [6.45, 7) is 9.59. The summed E-state index contributed by atoms with van der Waals surface area (Å²) in [4.78, 5) is 36.9. The molecule has 1 saturated heterocycles. The Morgan fingerprint density at radius 3 is 1.81 bits per heavy atom. The van der Waals surface area contributed by atoms with Gasteiger partial charge in [-0.25, -0.2) is 4.79 Å². The van der Waals surface area contributed by atoms with E-state index in [1.165, 1.54) is 0 Å². The number of rotatable bonds is 2. The molecule has 1 heterocycles. The third-order valence-corrected chi connectivity index (χ3v) is 1.49. The van der Waals surface area contributed by atoms with Gasteiger partial charge in [-0.1, -0.05) is 34.6 Å². The van der Waals surface area contributed by atoms with E-state index >= 15 is 0 Å². The van der Waals surface area contributed by atoms with Crippen LogP contribution >= 0.6 is 0 Å². The predicted octanol–water partition coefficient (Wildman–Crippen LogP) is 2.06. The molecule has 0 saturated carbocycles. The summed E-state index contributed by atoms with van der Waals surface area (Å²) in [5.41, 5.74) is 0. The zero-order valence-corrected chi connectivity index (χ0v) is 10.7. The van der Waals surface area contributed by atoms with Crippen LogP contribution in [0.15, 0.2) is 0 Å². The van der Waals surface area contributed by atoms with E-state index in [1.807, 2.05) is 27.7 Å². The summed E-state index contributed by atoms with van der Waals surface area (Å²) in [5, 5.41) is 0.547. The maximum atomic E-state index is 10.9. The Morgan fingerprint density at radius 2 is 1.50 bits per heavy atom. The Morgan fingerprint density at radius 1 is 1.12 bits per heavy atom. The first-order valence-corrected chi connectivity index (χ1v) is 5.71. The minimum atomic E-state index is -0.571. The number of hydroxylamine groups is 2. The lowest BCUT2D eigenvalue weighted by molar-refractivity contribution is -0.197. The van der Waals surface area contributed by atoms with Crippen LogP contribution in [0, 0.1) is 0 Å². The predicted molar refractivity (Wildman–Crippen MR) is 60.2 cm³/mol. The van der Waals surface area contributed by atoms with Crippen molar-refractivity contribution in [2.75, 3.05) is 0 Å². The van der Waals surface area contributed by atoms with Crippen LogP contribution in [0.25, 0.3) is 0 Å². The summed E-state index contributed by atoms with van der Waals surface area (Å²) in [6, 6.07) is 0. The van der Waals surface area contributed by atoms with Crippen molar-refractivity contribution in [1.29, 1.82) is 0 Å². The molecule has 1 aliphatic heterocycles. The zero-order valence-electron chi connectivity index (χ0n) is 10.7. The van der Waals surface area contributed by atoms with Gasteiger partial charge >= 0.3 is 5.97 Å². The summed E-state index contributed by atoms with van der Waals surface area (Å²) in [7, 11) is 0. The number of hydrogen-bond acceptors (Lipinski definition) is 4. The first-order valence-electron chi connectivity index (χ1n) is 5.71. The number of hydrogen-bond donors (Lipinski definition) is 0. The number of nitrogens with zero attached hydrogens (tertiary/aromatic N) is 1. The van der Waals surface area contributed by atoms with Gasteiger partial charge in [-0.05, 0) is 0 Å². The van der Waals surface area contributed by atoms with Crippen molar-refractivity contribution in [1.82, 2.24) is 5.06 Å². The first kappa shape index (κ1) is 17.0. The van der Waals surface area contributed by atoms with E-state index < -0.39 is 17.8 Å². The van der Waals surface area contributed by atoms with Crippen molar-refractivity contribution in [3.8, 4) is 0 Å². The van der Waals surface area contributed by atoms with E-state index in [4.69, 9.17) is 0 Å². The van der Waals surface area contributed by atoms with Gasteiger partial charge in [0, 0.05) is 19.3 Å². The molecule has 5 heteroatoms. The lowest BCUT2D eigenvalue weighted by Gasteiger charge is -2.10. The highest BCUT2D eigenvalue weighted by atomic mass is 16.7. The summed E-state index contributed by atoms with van der Waals surface area (Å²) < 4.78 is 0. The lowest BCUT2D eigenvalue weighted by Crippen LogP contribution is -2.31. The van der Waals surface area contributed by atoms with Crippen molar-refractivity contribution < 1.29 is 19.2 Å². The summed E-state index contributed by atoms with van der Waals surface area (Å²) in [6.07, 6.45) is 0.419. The summed E-state index contributed by atoms with van der Waals surface area (Å²) >= 11 is 0. The average Bonchev–Trinajstić information content (AvgIpc) is 2.65. The van der Waals surface area contributed by atoms with E-state index in [2.05, 4.69) is 4.84 Å². The van der Waals surface area contributed by atoms with Gasteiger partial charge in [-0.3, -0.25) is 9.59 Å². The Labute approximate surface area is 96.7 Å². The second-order valence-electron chi connectivity index (χ2n) is 2.40. The van der Waals surface area contributed by atoms with E-state index in [-0.39, 0.29) is 19.3 Å². The van der Waals surface area contributed by atoms with Gasteiger partial charge in [-0.2, -0.15) is 0 Å². The van der Waals surface area contributed by atoms with Crippen molar-refractivity contribution >= 4 is 17.8 Å². The largest absolute Gasteiger partial charge is 0.332 e. The van der Waals surface area contributed by atoms with Crippen LogP contribution < -0.4 is 0 Å². The highest BCUT2D eigenvalue weighted by Crippen LogP contribution is 2.12. The van der Waals surface area contributed by atoms with Gasteiger partial charge < -0.3 is 4.84 Å². The van der Waals surface area contributed by atoms with Gasteiger partial charge in [0.05, 0.1) is 0 Å². The zero-order chi connectivity index (χ0) is 13.1. The molecule has 0 aromatic rings. The molecular formula is C11H21NO4. The molecule has 1 rings (SSSR count). The second-order valence-corrected chi connectivity index (χ2v) is 2.40. The van der Waals surface area contributed by atoms with Crippen LogP contribution in [-0.4, -0.2) is 22.8 Å². The Balaban J connectivity index is 0. The fraction of sp³-hybridized carbons (Fsp3) is 0.727. The summed E-state index contributed by atoms with van der Waals surface area (Å²) in [5.74, 6) is -1.46. The minimum absolute atomic E-state index is 0.135. The molecule has 0 aromatic heterocycles. The third kappa shape index (κ3) is 5.48. The van der Waals surface area contributed by atoms with Crippen LogP contribution in [0.5, 0.6) is 0 Å². The molecule has 16 heavy (non-hydrogen) atoms. The Hall–Kier alpha value is -1.39. The van der Waals surface area contributed by atoms with Crippen molar-refractivity contribution in [2.45, 2.75) is 53.9 Å². The molecule has 1 aliphatic rings. The molecule has 0 radical (unpaired) electrons. The van der Waals surface area contributed by atoms with Gasteiger partial charge in [0.25, 0.3) is 11.8 Å². The van der Waals surface area contributed by atoms with Crippen molar-refractivity contribution in [2.24, 2.45) is 0 Å². The Kier molecular flexibility index (Phi) is 10.8. The van der Waals surface area contributed by atoms with Crippen LogP contribution in [0.2, 0.25) is 0 Å².